The highest BCUT2D eigenvalue weighted by Crippen LogP contribution is 2.36. The molecule has 0 N–H and O–H groups in total. The fraction of sp³-hybridized carbons (Fsp3) is 0.263. The summed E-state index contributed by atoms with van der Waals surface area (Å²) >= 11 is 0. The minimum atomic E-state index is -0.0217. The first kappa shape index (κ1) is 15.5. The molecule has 3 aromatic rings. The fourth-order valence-electron chi connectivity index (χ4n) is 3.10. The van der Waals surface area contributed by atoms with Gasteiger partial charge < -0.3 is 18.9 Å². The fourth-order valence-corrected chi connectivity index (χ4v) is 3.10. The van der Waals surface area contributed by atoms with Crippen LogP contribution < -0.4 is 9.47 Å². The summed E-state index contributed by atoms with van der Waals surface area (Å²) in [5.41, 5.74) is 3.41. The molecule has 0 fully saturated rings. The second-order valence-electron chi connectivity index (χ2n) is 6.03. The van der Waals surface area contributed by atoms with Crippen LogP contribution in [0.25, 0.3) is 11.0 Å². The number of carbonyl (C=O) groups is 1. The van der Waals surface area contributed by atoms with Gasteiger partial charge in [-0.25, -0.2) is 4.98 Å². The summed E-state index contributed by atoms with van der Waals surface area (Å²) in [5, 5.41) is 0. The predicted octanol–water partition coefficient (Wildman–Crippen LogP) is 2.96. The van der Waals surface area contributed by atoms with Gasteiger partial charge in [0.15, 0.2) is 11.5 Å². The van der Waals surface area contributed by atoms with Crippen LogP contribution in [0.4, 0.5) is 0 Å². The molecular weight excluding hydrogens is 318 g/mol. The Balaban J connectivity index is 1.61. The van der Waals surface area contributed by atoms with Crippen LogP contribution in [-0.4, -0.2) is 33.7 Å². The van der Waals surface area contributed by atoms with Crippen molar-refractivity contribution < 1.29 is 14.3 Å². The zero-order valence-electron chi connectivity index (χ0n) is 14.2. The summed E-state index contributed by atoms with van der Waals surface area (Å²) in [7, 11) is 1.94. The molecule has 0 atom stereocenters. The third-order valence-electron chi connectivity index (χ3n) is 4.48. The zero-order chi connectivity index (χ0) is 17.4. The summed E-state index contributed by atoms with van der Waals surface area (Å²) < 4.78 is 12.9. The Kier molecular flexibility index (Phi) is 3.80. The molecule has 1 aliphatic heterocycles. The van der Waals surface area contributed by atoms with Crippen molar-refractivity contribution in [1.29, 1.82) is 0 Å². The van der Waals surface area contributed by atoms with E-state index in [9.17, 15) is 4.79 Å². The van der Waals surface area contributed by atoms with Crippen molar-refractivity contribution in [3.63, 3.8) is 0 Å². The van der Waals surface area contributed by atoms with Gasteiger partial charge in [0, 0.05) is 31.3 Å². The van der Waals surface area contributed by atoms with Crippen molar-refractivity contribution in [3.8, 4) is 11.5 Å². The van der Waals surface area contributed by atoms with Crippen molar-refractivity contribution in [2.75, 3.05) is 13.3 Å². The Morgan fingerprint density at radius 3 is 3.00 bits per heavy atom. The van der Waals surface area contributed by atoms with Gasteiger partial charge in [0.05, 0.1) is 17.4 Å². The number of amides is 1. The Morgan fingerprint density at radius 2 is 2.16 bits per heavy atom. The normalized spacial score (nSPS) is 12.6. The third kappa shape index (κ3) is 2.69. The summed E-state index contributed by atoms with van der Waals surface area (Å²) in [5.74, 6) is 1.44. The van der Waals surface area contributed by atoms with E-state index in [0.29, 0.717) is 18.7 Å². The van der Waals surface area contributed by atoms with Crippen LogP contribution >= 0.6 is 0 Å². The van der Waals surface area contributed by atoms with E-state index in [0.717, 1.165) is 28.1 Å². The molecule has 6 heteroatoms. The number of fused-ring (bicyclic) bond motifs is 2. The first-order valence-electron chi connectivity index (χ1n) is 8.25. The lowest BCUT2D eigenvalue weighted by atomic mass is 10.1. The molecule has 1 aromatic heterocycles. The summed E-state index contributed by atoms with van der Waals surface area (Å²) in [4.78, 5) is 19.1. The van der Waals surface area contributed by atoms with Gasteiger partial charge in [-0.1, -0.05) is 12.1 Å². The highest BCUT2D eigenvalue weighted by atomic mass is 16.7. The van der Waals surface area contributed by atoms with E-state index >= 15 is 0 Å². The van der Waals surface area contributed by atoms with Crippen LogP contribution in [-0.2, 0) is 13.6 Å². The lowest BCUT2D eigenvalue weighted by Gasteiger charge is -2.21. The number of ether oxygens (including phenoxy) is 2. The molecule has 0 saturated heterocycles. The second-order valence-corrected chi connectivity index (χ2v) is 6.03. The smallest absolute Gasteiger partial charge is 0.254 e. The number of imidazole rings is 1. The van der Waals surface area contributed by atoms with Crippen LogP contribution in [0.3, 0.4) is 0 Å². The Labute approximate surface area is 145 Å². The molecule has 0 saturated carbocycles. The molecule has 2 heterocycles. The number of aromatic nitrogens is 2. The quantitative estimate of drug-likeness (QED) is 0.734. The molecule has 4 rings (SSSR count). The van der Waals surface area contributed by atoms with Gasteiger partial charge in [-0.15, -0.1) is 0 Å². The molecule has 0 spiro atoms. The second kappa shape index (κ2) is 6.12. The predicted molar refractivity (Wildman–Crippen MR) is 93.7 cm³/mol. The molecule has 0 unspecified atom stereocenters. The lowest BCUT2D eigenvalue weighted by Crippen LogP contribution is -2.30. The summed E-state index contributed by atoms with van der Waals surface area (Å²) in [6, 6.07) is 11.4. The number of benzene rings is 2. The number of hydrogen-bond acceptors (Lipinski definition) is 4. The van der Waals surface area contributed by atoms with Crippen molar-refractivity contribution in [1.82, 2.24) is 14.5 Å². The first-order valence-corrected chi connectivity index (χ1v) is 8.25. The Bertz CT molecular complexity index is 948. The SMILES string of the molecule is CCN(Cc1cccc2c1OCO2)C(=O)c1ccc2c(c1)ncn2C. The van der Waals surface area contributed by atoms with E-state index in [2.05, 4.69) is 4.98 Å². The van der Waals surface area contributed by atoms with E-state index in [-0.39, 0.29) is 12.7 Å². The highest BCUT2D eigenvalue weighted by molar-refractivity contribution is 5.97. The molecule has 25 heavy (non-hydrogen) atoms. The van der Waals surface area contributed by atoms with E-state index in [1.54, 1.807) is 11.2 Å². The van der Waals surface area contributed by atoms with Crippen LogP contribution in [0.2, 0.25) is 0 Å². The maximum atomic E-state index is 13.0. The molecule has 128 valence electrons. The minimum absolute atomic E-state index is 0.0217. The molecular formula is C19H19N3O3. The molecule has 2 aromatic carbocycles. The summed E-state index contributed by atoms with van der Waals surface area (Å²) in [6.45, 7) is 3.27. The van der Waals surface area contributed by atoms with Crippen LogP contribution in [0.5, 0.6) is 11.5 Å². The molecule has 1 aliphatic rings. The highest BCUT2D eigenvalue weighted by Gasteiger charge is 2.21. The molecule has 0 radical (unpaired) electrons. The van der Waals surface area contributed by atoms with Gasteiger partial charge in [-0.05, 0) is 31.2 Å². The maximum Gasteiger partial charge on any atom is 0.254 e. The number of rotatable bonds is 4. The molecule has 0 aliphatic carbocycles. The average Bonchev–Trinajstić information content (AvgIpc) is 3.26. The van der Waals surface area contributed by atoms with Crippen LogP contribution in [0.15, 0.2) is 42.7 Å². The molecule has 0 bridgehead atoms. The van der Waals surface area contributed by atoms with Crippen molar-refractivity contribution in [3.05, 3.63) is 53.9 Å². The maximum absolute atomic E-state index is 13.0. The van der Waals surface area contributed by atoms with Gasteiger partial charge in [0.2, 0.25) is 6.79 Å². The lowest BCUT2D eigenvalue weighted by molar-refractivity contribution is 0.0751. The van der Waals surface area contributed by atoms with Gasteiger partial charge >= 0.3 is 0 Å². The van der Waals surface area contributed by atoms with Gasteiger partial charge in [0.1, 0.15) is 0 Å². The van der Waals surface area contributed by atoms with Crippen LogP contribution in [0, 0.1) is 0 Å². The van der Waals surface area contributed by atoms with E-state index in [4.69, 9.17) is 9.47 Å². The van der Waals surface area contributed by atoms with Gasteiger partial charge in [-0.2, -0.15) is 0 Å². The van der Waals surface area contributed by atoms with Crippen LogP contribution in [0.1, 0.15) is 22.8 Å². The van der Waals surface area contributed by atoms with E-state index in [1.807, 2.05) is 54.9 Å². The Hall–Kier alpha value is -3.02. The van der Waals surface area contributed by atoms with Gasteiger partial charge in [-0.3, -0.25) is 4.79 Å². The average molecular weight is 337 g/mol. The standard InChI is InChI=1S/C19H19N3O3/c1-3-22(10-14-5-4-6-17-18(14)25-12-24-17)19(23)13-7-8-16-15(9-13)20-11-21(16)2/h4-9,11H,3,10,12H2,1-2H3. The first-order chi connectivity index (χ1) is 12.2. The monoisotopic (exact) mass is 337 g/mol. The molecule has 6 nitrogen and oxygen atoms in total. The zero-order valence-corrected chi connectivity index (χ0v) is 14.2. The third-order valence-corrected chi connectivity index (χ3v) is 4.48. The van der Waals surface area contributed by atoms with Crippen molar-refractivity contribution in [2.24, 2.45) is 7.05 Å². The minimum Gasteiger partial charge on any atom is -0.454 e. The topological polar surface area (TPSA) is 56.6 Å². The van der Waals surface area contributed by atoms with E-state index in [1.165, 1.54) is 0 Å². The number of hydrogen-bond donors (Lipinski definition) is 0. The molecule has 1 amide bonds. The number of aryl methyl sites for hydroxylation is 1. The van der Waals surface area contributed by atoms with Crippen molar-refractivity contribution in [2.45, 2.75) is 13.5 Å². The summed E-state index contributed by atoms with van der Waals surface area (Å²) in [6.07, 6.45) is 1.75. The number of para-hydroxylation sites is 1. The van der Waals surface area contributed by atoms with E-state index < -0.39 is 0 Å². The van der Waals surface area contributed by atoms with Gasteiger partial charge in [0.25, 0.3) is 5.91 Å². The largest absolute Gasteiger partial charge is 0.454 e. The van der Waals surface area contributed by atoms with Crippen molar-refractivity contribution >= 4 is 16.9 Å². The number of nitrogens with zero attached hydrogens (tertiary/aromatic N) is 3. The Morgan fingerprint density at radius 1 is 1.28 bits per heavy atom. The number of carbonyl (C=O) groups excluding carboxylic acids is 1.